The Morgan fingerprint density at radius 2 is 2.44 bits per heavy atom. The van der Waals surface area contributed by atoms with Gasteiger partial charge in [-0.2, -0.15) is 5.10 Å². The Hall–Kier alpha value is -1.56. The van der Waals surface area contributed by atoms with Gasteiger partial charge in [-0.1, -0.05) is 0 Å². The smallest absolute Gasteiger partial charge is 0.276 e. The maximum absolute atomic E-state index is 12.0. The first-order chi connectivity index (χ1) is 7.58. The summed E-state index contributed by atoms with van der Waals surface area (Å²) >= 11 is 0. The van der Waals surface area contributed by atoms with E-state index >= 15 is 0 Å². The number of carbonyl (C=O) groups excluding carboxylic acids is 1. The van der Waals surface area contributed by atoms with Crippen LogP contribution in [0.1, 0.15) is 23.3 Å². The first-order valence-electron chi connectivity index (χ1n) is 5.34. The summed E-state index contributed by atoms with van der Waals surface area (Å²) in [6.07, 6.45) is 2.75. The highest BCUT2D eigenvalue weighted by Crippen LogP contribution is 2.16. The van der Waals surface area contributed by atoms with Crippen LogP contribution in [-0.4, -0.2) is 44.9 Å². The summed E-state index contributed by atoms with van der Waals surface area (Å²) in [6.45, 7) is 1.03. The van der Waals surface area contributed by atoms with E-state index in [1.54, 1.807) is 18.1 Å². The third-order valence-corrected chi connectivity index (χ3v) is 2.74. The lowest BCUT2D eigenvalue weighted by Crippen LogP contribution is -2.42. The number of aliphatic hydroxyl groups excluding tert-OH is 1. The molecule has 1 aliphatic rings. The van der Waals surface area contributed by atoms with E-state index in [2.05, 4.69) is 5.10 Å². The van der Waals surface area contributed by atoms with Gasteiger partial charge < -0.3 is 15.7 Å². The molecule has 0 bridgehead atoms. The first-order valence-corrected chi connectivity index (χ1v) is 5.34. The molecular weight excluding hydrogens is 208 g/mol. The highest BCUT2D eigenvalue weighted by atomic mass is 16.3. The second-order valence-corrected chi connectivity index (χ2v) is 4.15. The Labute approximate surface area is 93.6 Å². The molecule has 0 aliphatic carbocycles. The second-order valence-electron chi connectivity index (χ2n) is 4.15. The molecule has 2 heterocycles. The Balaban J connectivity index is 2.15. The number of nitrogens with two attached hydrogens (primary N) is 1. The molecule has 1 unspecified atom stereocenters. The Kier molecular flexibility index (Phi) is 2.82. The van der Waals surface area contributed by atoms with Crippen molar-refractivity contribution in [3.8, 4) is 0 Å². The van der Waals surface area contributed by atoms with Gasteiger partial charge in [0.1, 0.15) is 0 Å². The fourth-order valence-electron chi connectivity index (χ4n) is 1.96. The maximum Gasteiger partial charge on any atom is 0.276 e. The molecule has 1 aliphatic heterocycles. The predicted molar refractivity (Wildman–Crippen MR) is 58.8 cm³/mol. The summed E-state index contributed by atoms with van der Waals surface area (Å²) in [4.78, 5) is 13.6. The van der Waals surface area contributed by atoms with Gasteiger partial charge in [-0.15, -0.1) is 0 Å². The lowest BCUT2D eigenvalue weighted by molar-refractivity contribution is 0.0469. The minimum Gasteiger partial charge on any atom is -0.396 e. The van der Waals surface area contributed by atoms with Crippen molar-refractivity contribution in [2.45, 2.75) is 18.9 Å². The minimum atomic E-state index is -0.428. The molecule has 0 saturated carbocycles. The number of β-amino-alcohol motifs (C(OH)–C–C–N with tert-alkyl or cyclic N) is 1. The number of amides is 1. The molecule has 6 nitrogen and oxygen atoms in total. The fourth-order valence-corrected chi connectivity index (χ4v) is 1.96. The number of aliphatic hydroxyl groups is 1. The molecule has 1 aromatic rings. The number of aromatic nitrogens is 2. The third kappa shape index (κ3) is 2.01. The molecular formula is C10H16N4O2. The van der Waals surface area contributed by atoms with Gasteiger partial charge in [0, 0.05) is 26.3 Å². The average Bonchev–Trinajstić information content (AvgIpc) is 2.57. The SMILES string of the molecule is Cn1cc(N)c(C(=O)N2CCCC(O)C2)n1. The summed E-state index contributed by atoms with van der Waals surface area (Å²) < 4.78 is 1.52. The van der Waals surface area contributed by atoms with Crippen molar-refractivity contribution in [1.29, 1.82) is 0 Å². The number of anilines is 1. The number of hydrogen-bond donors (Lipinski definition) is 2. The van der Waals surface area contributed by atoms with Crippen molar-refractivity contribution in [2.24, 2.45) is 7.05 Å². The number of carbonyl (C=O) groups is 1. The fraction of sp³-hybridized carbons (Fsp3) is 0.600. The summed E-state index contributed by atoms with van der Waals surface area (Å²) in [5, 5.41) is 13.5. The van der Waals surface area contributed by atoms with E-state index in [0.29, 0.717) is 18.8 Å². The topological polar surface area (TPSA) is 84.4 Å². The third-order valence-electron chi connectivity index (χ3n) is 2.74. The standard InChI is InChI=1S/C10H16N4O2/c1-13-6-8(11)9(12-13)10(16)14-4-2-3-7(15)5-14/h6-7,15H,2-5,11H2,1H3. The molecule has 0 spiro atoms. The number of piperidine rings is 1. The maximum atomic E-state index is 12.0. The van der Waals surface area contributed by atoms with Crippen LogP contribution < -0.4 is 5.73 Å². The molecule has 1 fully saturated rings. The number of aryl methyl sites for hydroxylation is 1. The van der Waals surface area contributed by atoms with E-state index in [-0.39, 0.29) is 11.6 Å². The minimum absolute atomic E-state index is 0.197. The highest BCUT2D eigenvalue weighted by molar-refractivity contribution is 5.97. The van der Waals surface area contributed by atoms with Crippen LogP contribution in [0.2, 0.25) is 0 Å². The van der Waals surface area contributed by atoms with Gasteiger partial charge in [0.25, 0.3) is 5.91 Å². The van der Waals surface area contributed by atoms with E-state index in [4.69, 9.17) is 5.73 Å². The van der Waals surface area contributed by atoms with Crippen LogP contribution in [0, 0.1) is 0 Å². The van der Waals surface area contributed by atoms with Crippen molar-refractivity contribution in [1.82, 2.24) is 14.7 Å². The summed E-state index contributed by atoms with van der Waals surface area (Å²) in [6, 6.07) is 0. The van der Waals surface area contributed by atoms with Crippen molar-refractivity contribution in [3.63, 3.8) is 0 Å². The Bertz CT molecular complexity index is 402. The zero-order valence-electron chi connectivity index (χ0n) is 9.26. The van der Waals surface area contributed by atoms with E-state index < -0.39 is 6.10 Å². The molecule has 6 heteroatoms. The molecule has 0 aromatic carbocycles. The average molecular weight is 224 g/mol. The largest absolute Gasteiger partial charge is 0.396 e. The van der Waals surface area contributed by atoms with Crippen LogP contribution in [0.5, 0.6) is 0 Å². The molecule has 0 radical (unpaired) electrons. The lowest BCUT2D eigenvalue weighted by Gasteiger charge is -2.29. The van der Waals surface area contributed by atoms with Crippen molar-refractivity contribution >= 4 is 11.6 Å². The van der Waals surface area contributed by atoms with Crippen LogP contribution in [-0.2, 0) is 7.05 Å². The quantitative estimate of drug-likeness (QED) is 0.679. The van der Waals surface area contributed by atoms with Gasteiger partial charge in [0.05, 0.1) is 11.8 Å². The summed E-state index contributed by atoms with van der Waals surface area (Å²) in [7, 11) is 1.72. The monoisotopic (exact) mass is 224 g/mol. The van der Waals surface area contributed by atoms with Crippen molar-refractivity contribution in [3.05, 3.63) is 11.9 Å². The molecule has 2 rings (SSSR count). The molecule has 1 amide bonds. The van der Waals surface area contributed by atoms with Crippen LogP contribution in [0.4, 0.5) is 5.69 Å². The lowest BCUT2D eigenvalue weighted by atomic mass is 10.1. The van der Waals surface area contributed by atoms with Gasteiger partial charge >= 0.3 is 0 Å². The number of rotatable bonds is 1. The second kappa shape index (κ2) is 4.13. The normalized spacial score (nSPS) is 21.1. The van der Waals surface area contributed by atoms with Crippen LogP contribution in [0.25, 0.3) is 0 Å². The number of hydrogen-bond acceptors (Lipinski definition) is 4. The number of nitrogens with zero attached hydrogens (tertiary/aromatic N) is 3. The molecule has 16 heavy (non-hydrogen) atoms. The number of nitrogen functional groups attached to an aromatic ring is 1. The van der Waals surface area contributed by atoms with Gasteiger partial charge in [-0.25, -0.2) is 0 Å². The van der Waals surface area contributed by atoms with Crippen LogP contribution in [0.15, 0.2) is 6.20 Å². The highest BCUT2D eigenvalue weighted by Gasteiger charge is 2.26. The predicted octanol–water partition coefficient (Wildman–Crippen LogP) is -0.401. The summed E-state index contributed by atoms with van der Waals surface area (Å²) in [5.41, 5.74) is 6.35. The van der Waals surface area contributed by atoms with Crippen molar-refractivity contribution < 1.29 is 9.90 Å². The van der Waals surface area contributed by atoms with Crippen LogP contribution in [0.3, 0.4) is 0 Å². The number of likely N-dealkylation sites (tertiary alicyclic amines) is 1. The molecule has 1 saturated heterocycles. The first kappa shape index (κ1) is 10.9. The zero-order valence-corrected chi connectivity index (χ0v) is 9.26. The molecule has 1 aromatic heterocycles. The van der Waals surface area contributed by atoms with Gasteiger partial charge in [-0.3, -0.25) is 9.48 Å². The Morgan fingerprint density at radius 1 is 1.69 bits per heavy atom. The van der Waals surface area contributed by atoms with Gasteiger partial charge in [0.15, 0.2) is 5.69 Å². The Morgan fingerprint density at radius 3 is 3.00 bits per heavy atom. The van der Waals surface area contributed by atoms with Crippen LogP contribution >= 0.6 is 0 Å². The molecule has 1 atom stereocenters. The van der Waals surface area contributed by atoms with E-state index in [1.807, 2.05) is 0 Å². The summed E-state index contributed by atoms with van der Waals surface area (Å²) in [5.74, 6) is -0.197. The van der Waals surface area contributed by atoms with E-state index in [0.717, 1.165) is 12.8 Å². The van der Waals surface area contributed by atoms with Gasteiger partial charge in [-0.05, 0) is 12.8 Å². The molecule has 88 valence electrons. The van der Waals surface area contributed by atoms with Crippen molar-refractivity contribution in [2.75, 3.05) is 18.8 Å². The van der Waals surface area contributed by atoms with Gasteiger partial charge in [0.2, 0.25) is 0 Å². The molecule has 3 N–H and O–H groups in total. The zero-order chi connectivity index (χ0) is 11.7. The van der Waals surface area contributed by atoms with E-state index in [9.17, 15) is 9.90 Å². The van der Waals surface area contributed by atoms with E-state index in [1.165, 1.54) is 4.68 Å².